The minimum Gasteiger partial charge on any atom is -0.321 e. The summed E-state index contributed by atoms with van der Waals surface area (Å²) in [6.07, 6.45) is 1.64. The lowest BCUT2D eigenvalue weighted by atomic mass is 10.1. The minimum absolute atomic E-state index is 0.0602. The molecule has 0 aliphatic rings. The number of carbonyl (C=O) groups is 1. The molecular formula is C23H20BrN3O. The van der Waals surface area contributed by atoms with Crippen molar-refractivity contribution in [3.05, 3.63) is 87.2 Å². The number of nitriles is 1. The number of rotatable bonds is 4. The number of carbonyl (C=O) groups excluding carboxylic acids is 1. The Bertz CT molecular complexity index is 1120. The number of para-hydroxylation sites is 1. The fourth-order valence-corrected chi connectivity index (χ4v) is 3.59. The molecule has 1 heterocycles. The molecule has 1 amide bonds. The van der Waals surface area contributed by atoms with E-state index in [9.17, 15) is 10.1 Å². The van der Waals surface area contributed by atoms with Gasteiger partial charge in [0, 0.05) is 27.2 Å². The molecule has 0 saturated heterocycles. The average molecular weight is 434 g/mol. The van der Waals surface area contributed by atoms with E-state index in [-0.39, 0.29) is 5.57 Å². The molecule has 0 radical (unpaired) electrons. The molecule has 3 aromatic rings. The second kappa shape index (κ2) is 8.28. The molecule has 0 unspecified atom stereocenters. The van der Waals surface area contributed by atoms with Gasteiger partial charge in [0.25, 0.3) is 5.91 Å². The van der Waals surface area contributed by atoms with Gasteiger partial charge < -0.3 is 9.88 Å². The second-order valence-electron chi connectivity index (χ2n) is 6.58. The van der Waals surface area contributed by atoms with E-state index >= 15 is 0 Å². The molecule has 1 N–H and O–H groups in total. The molecule has 28 heavy (non-hydrogen) atoms. The van der Waals surface area contributed by atoms with E-state index in [1.807, 2.05) is 50.2 Å². The lowest BCUT2D eigenvalue weighted by Crippen LogP contribution is -2.13. The molecule has 0 aliphatic heterocycles. The fraction of sp³-hybridized carbons (Fsp3) is 0.130. The maximum absolute atomic E-state index is 12.6. The summed E-state index contributed by atoms with van der Waals surface area (Å²) in [6.45, 7) is 6.08. The molecule has 0 aliphatic carbocycles. The van der Waals surface area contributed by atoms with Crippen LogP contribution in [0.3, 0.4) is 0 Å². The standard InChI is InChI=1S/C23H20BrN3O/c1-15-7-4-5-10-22(15)27-16(2)11-18(17(27)3)12-19(14-25)23(28)26-21-9-6-8-20(24)13-21/h4-13H,1-3H3,(H,26,28)/b19-12-. The third-order valence-corrected chi connectivity index (χ3v) is 5.07. The zero-order chi connectivity index (χ0) is 20.3. The number of hydrogen-bond donors (Lipinski definition) is 1. The highest BCUT2D eigenvalue weighted by Gasteiger charge is 2.14. The van der Waals surface area contributed by atoms with Crippen LogP contribution in [0.5, 0.6) is 0 Å². The van der Waals surface area contributed by atoms with Crippen LogP contribution in [0.2, 0.25) is 0 Å². The number of aryl methyl sites for hydroxylation is 2. The lowest BCUT2D eigenvalue weighted by molar-refractivity contribution is -0.112. The van der Waals surface area contributed by atoms with Gasteiger partial charge in [-0.15, -0.1) is 0 Å². The monoisotopic (exact) mass is 433 g/mol. The molecule has 140 valence electrons. The van der Waals surface area contributed by atoms with Gasteiger partial charge in [0.2, 0.25) is 0 Å². The van der Waals surface area contributed by atoms with Crippen LogP contribution in [-0.4, -0.2) is 10.5 Å². The van der Waals surface area contributed by atoms with Gasteiger partial charge in [-0.1, -0.05) is 40.2 Å². The first-order chi connectivity index (χ1) is 13.4. The topological polar surface area (TPSA) is 57.8 Å². The van der Waals surface area contributed by atoms with E-state index in [0.717, 1.165) is 32.7 Å². The molecule has 1 aromatic heterocycles. The SMILES string of the molecule is Cc1ccccc1-n1c(C)cc(/C=C(/C#N)C(=O)Nc2cccc(Br)c2)c1C. The summed E-state index contributed by atoms with van der Waals surface area (Å²) in [7, 11) is 0. The predicted octanol–water partition coefficient (Wildman–Crippen LogP) is 5.71. The normalized spacial score (nSPS) is 11.2. The second-order valence-corrected chi connectivity index (χ2v) is 7.50. The zero-order valence-corrected chi connectivity index (χ0v) is 17.5. The quantitative estimate of drug-likeness (QED) is 0.422. The predicted molar refractivity (Wildman–Crippen MR) is 116 cm³/mol. The maximum atomic E-state index is 12.6. The van der Waals surface area contributed by atoms with Gasteiger partial charge in [0.1, 0.15) is 11.6 Å². The van der Waals surface area contributed by atoms with Crippen molar-refractivity contribution in [1.82, 2.24) is 4.57 Å². The molecule has 0 bridgehead atoms. The van der Waals surface area contributed by atoms with Crippen LogP contribution in [0.25, 0.3) is 11.8 Å². The van der Waals surface area contributed by atoms with E-state index < -0.39 is 5.91 Å². The van der Waals surface area contributed by atoms with Gasteiger partial charge in [-0.05, 0) is 68.3 Å². The molecule has 0 fully saturated rings. The van der Waals surface area contributed by atoms with Crippen molar-refractivity contribution in [2.24, 2.45) is 0 Å². The van der Waals surface area contributed by atoms with Crippen LogP contribution >= 0.6 is 15.9 Å². The smallest absolute Gasteiger partial charge is 0.266 e. The van der Waals surface area contributed by atoms with Crippen LogP contribution in [0.15, 0.2) is 64.6 Å². The molecule has 2 aromatic carbocycles. The highest BCUT2D eigenvalue weighted by atomic mass is 79.9. The summed E-state index contributed by atoms with van der Waals surface area (Å²) in [5.74, 6) is -0.429. The van der Waals surface area contributed by atoms with E-state index in [4.69, 9.17) is 0 Å². The summed E-state index contributed by atoms with van der Waals surface area (Å²) in [5.41, 5.74) is 5.82. The van der Waals surface area contributed by atoms with Crippen LogP contribution in [0, 0.1) is 32.1 Å². The van der Waals surface area contributed by atoms with Crippen molar-refractivity contribution < 1.29 is 4.79 Å². The number of hydrogen-bond acceptors (Lipinski definition) is 2. The third-order valence-electron chi connectivity index (χ3n) is 4.57. The summed E-state index contributed by atoms with van der Waals surface area (Å²) in [5, 5.41) is 12.3. The Morgan fingerprint density at radius 1 is 1.11 bits per heavy atom. The fourth-order valence-electron chi connectivity index (χ4n) is 3.19. The molecule has 0 atom stereocenters. The number of halogens is 1. The largest absolute Gasteiger partial charge is 0.321 e. The van der Waals surface area contributed by atoms with Crippen molar-refractivity contribution in [2.45, 2.75) is 20.8 Å². The van der Waals surface area contributed by atoms with E-state index in [0.29, 0.717) is 5.69 Å². The summed E-state index contributed by atoms with van der Waals surface area (Å²) >= 11 is 3.37. The Hall–Kier alpha value is -3.10. The molecular weight excluding hydrogens is 414 g/mol. The van der Waals surface area contributed by atoms with Crippen molar-refractivity contribution in [3.63, 3.8) is 0 Å². The average Bonchev–Trinajstić information content (AvgIpc) is 2.93. The first-order valence-electron chi connectivity index (χ1n) is 8.84. The van der Waals surface area contributed by atoms with E-state index in [1.54, 1.807) is 18.2 Å². The van der Waals surface area contributed by atoms with E-state index in [1.165, 1.54) is 0 Å². The van der Waals surface area contributed by atoms with Crippen LogP contribution < -0.4 is 5.32 Å². The number of aromatic nitrogens is 1. The Balaban J connectivity index is 1.95. The highest BCUT2D eigenvalue weighted by molar-refractivity contribution is 9.10. The van der Waals surface area contributed by atoms with Crippen LogP contribution in [0.1, 0.15) is 22.5 Å². The van der Waals surface area contributed by atoms with E-state index in [2.05, 4.69) is 44.9 Å². The Morgan fingerprint density at radius 2 is 1.86 bits per heavy atom. The lowest BCUT2D eigenvalue weighted by Gasteiger charge is -2.12. The number of anilines is 1. The van der Waals surface area contributed by atoms with Gasteiger partial charge in [-0.2, -0.15) is 5.26 Å². The minimum atomic E-state index is -0.429. The number of nitrogens with one attached hydrogen (secondary N) is 1. The molecule has 0 spiro atoms. The Kier molecular flexibility index (Phi) is 5.81. The molecule has 5 heteroatoms. The maximum Gasteiger partial charge on any atom is 0.266 e. The van der Waals surface area contributed by atoms with Gasteiger partial charge in [0.15, 0.2) is 0 Å². The van der Waals surface area contributed by atoms with Crippen molar-refractivity contribution >= 4 is 33.6 Å². The molecule has 0 saturated carbocycles. The van der Waals surface area contributed by atoms with Crippen LogP contribution in [0.4, 0.5) is 5.69 Å². The Morgan fingerprint density at radius 3 is 2.54 bits per heavy atom. The van der Waals surface area contributed by atoms with Crippen molar-refractivity contribution in [1.29, 1.82) is 5.26 Å². The first-order valence-corrected chi connectivity index (χ1v) is 9.63. The number of amides is 1. The Labute approximate surface area is 173 Å². The van der Waals surface area contributed by atoms with Gasteiger partial charge in [0.05, 0.1) is 0 Å². The van der Waals surface area contributed by atoms with Crippen molar-refractivity contribution in [2.75, 3.05) is 5.32 Å². The summed E-state index contributed by atoms with van der Waals surface area (Å²) in [4.78, 5) is 12.6. The molecule has 3 rings (SSSR count). The van der Waals surface area contributed by atoms with Gasteiger partial charge in [-0.3, -0.25) is 4.79 Å². The number of benzene rings is 2. The van der Waals surface area contributed by atoms with Crippen molar-refractivity contribution in [3.8, 4) is 11.8 Å². The number of nitrogens with zero attached hydrogens (tertiary/aromatic N) is 2. The first kappa shape index (κ1) is 19.7. The third kappa shape index (κ3) is 4.08. The van der Waals surface area contributed by atoms with Gasteiger partial charge in [-0.25, -0.2) is 0 Å². The van der Waals surface area contributed by atoms with Gasteiger partial charge >= 0.3 is 0 Å². The molecule has 4 nitrogen and oxygen atoms in total. The highest BCUT2D eigenvalue weighted by Crippen LogP contribution is 2.25. The van der Waals surface area contributed by atoms with Crippen LogP contribution in [-0.2, 0) is 4.79 Å². The summed E-state index contributed by atoms with van der Waals surface area (Å²) in [6, 6.07) is 19.4. The summed E-state index contributed by atoms with van der Waals surface area (Å²) < 4.78 is 3.00. The zero-order valence-electron chi connectivity index (χ0n) is 16.0.